The second kappa shape index (κ2) is 10.8. The van der Waals surface area contributed by atoms with Crippen LogP contribution in [0.1, 0.15) is 48.8 Å². The SMILES string of the molecule is CCOC(=O)OC1=CN(C(=O)c2ccc(F)cc2)CC(C)(C)c2c1[nH]c1cc(N(C)C(=O)C3CCNC3)ccc21. The van der Waals surface area contributed by atoms with E-state index < -0.39 is 17.4 Å². The average Bonchev–Trinajstić information content (AvgIpc) is 3.58. The number of halogens is 1. The van der Waals surface area contributed by atoms with Gasteiger partial charge in [-0.1, -0.05) is 19.9 Å². The molecule has 2 amide bonds. The van der Waals surface area contributed by atoms with E-state index in [0.29, 0.717) is 17.8 Å². The molecule has 1 unspecified atom stereocenters. The quantitative estimate of drug-likeness (QED) is 0.445. The molecule has 2 N–H and O–H groups in total. The van der Waals surface area contributed by atoms with E-state index in [1.165, 1.54) is 35.4 Å². The monoisotopic (exact) mass is 548 g/mol. The largest absolute Gasteiger partial charge is 0.513 e. The van der Waals surface area contributed by atoms with Crippen LogP contribution in [0, 0.1) is 11.7 Å². The number of aromatic amines is 1. The molecule has 3 heterocycles. The van der Waals surface area contributed by atoms with Crippen molar-refractivity contribution in [3.8, 4) is 0 Å². The molecule has 5 rings (SSSR count). The molecule has 1 fully saturated rings. The summed E-state index contributed by atoms with van der Waals surface area (Å²) in [6.07, 6.45) is 1.39. The Balaban J connectivity index is 1.58. The van der Waals surface area contributed by atoms with Crippen LogP contribution >= 0.6 is 0 Å². The normalized spacial score (nSPS) is 18.1. The summed E-state index contributed by atoms with van der Waals surface area (Å²) in [6.45, 7) is 7.55. The van der Waals surface area contributed by atoms with Crippen LogP contribution in [-0.4, -0.2) is 61.1 Å². The number of nitrogens with zero attached hydrogens (tertiary/aromatic N) is 2. The van der Waals surface area contributed by atoms with Crippen LogP contribution < -0.4 is 10.2 Å². The second-order valence-corrected chi connectivity index (χ2v) is 10.8. The molecule has 1 saturated heterocycles. The Labute approximate surface area is 231 Å². The number of hydrogen-bond donors (Lipinski definition) is 2. The molecule has 0 bridgehead atoms. The fraction of sp³-hybridized carbons (Fsp3) is 0.367. The van der Waals surface area contributed by atoms with Crippen molar-refractivity contribution in [3.63, 3.8) is 0 Å². The zero-order chi connectivity index (χ0) is 28.6. The Morgan fingerprint density at radius 2 is 1.90 bits per heavy atom. The lowest BCUT2D eigenvalue weighted by molar-refractivity contribution is -0.121. The van der Waals surface area contributed by atoms with Crippen molar-refractivity contribution in [1.29, 1.82) is 0 Å². The van der Waals surface area contributed by atoms with Crippen molar-refractivity contribution in [2.45, 2.75) is 32.6 Å². The summed E-state index contributed by atoms with van der Waals surface area (Å²) in [5.41, 5.74) is 2.59. The van der Waals surface area contributed by atoms with E-state index in [-0.39, 0.29) is 36.6 Å². The van der Waals surface area contributed by atoms with Gasteiger partial charge in [-0.15, -0.1) is 0 Å². The first-order valence-electron chi connectivity index (χ1n) is 13.4. The van der Waals surface area contributed by atoms with Gasteiger partial charge in [0.05, 0.1) is 24.4 Å². The standard InChI is InChI=1S/C30H33FN4O5/c1-5-39-29(38)40-24-16-35(28(37)18-6-8-20(31)9-7-18)17-30(2,3)25-22-11-10-21(14-23(22)33-26(24)25)34(4)27(36)19-12-13-32-15-19/h6-11,14,16,19,32-33H,5,12-13,15,17H2,1-4H3. The molecular weight excluding hydrogens is 515 g/mol. The number of aromatic nitrogens is 1. The predicted molar refractivity (Wildman–Crippen MR) is 149 cm³/mol. The lowest BCUT2D eigenvalue weighted by atomic mass is 9.82. The summed E-state index contributed by atoms with van der Waals surface area (Å²) in [5, 5.41) is 4.11. The van der Waals surface area contributed by atoms with E-state index in [1.807, 2.05) is 32.0 Å². The number of benzene rings is 2. The van der Waals surface area contributed by atoms with Crippen LogP contribution in [0.15, 0.2) is 48.7 Å². The number of amides is 2. The zero-order valence-corrected chi connectivity index (χ0v) is 23.0. The lowest BCUT2D eigenvalue weighted by Crippen LogP contribution is -2.37. The molecule has 2 aromatic carbocycles. The lowest BCUT2D eigenvalue weighted by Gasteiger charge is -2.29. The number of carbonyl (C=O) groups excluding carboxylic acids is 3. The third-order valence-corrected chi connectivity index (χ3v) is 7.48. The molecular formula is C30H33FN4O5. The number of ether oxygens (including phenoxy) is 2. The number of carbonyl (C=O) groups is 3. The van der Waals surface area contributed by atoms with Gasteiger partial charge in [0, 0.05) is 47.7 Å². The minimum Gasteiger partial charge on any atom is -0.434 e. The van der Waals surface area contributed by atoms with E-state index >= 15 is 0 Å². The third-order valence-electron chi connectivity index (χ3n) is 7.48. The molecule has 1 atom stereocenters. The Bertz CT molecular complexity index is 1490. The van der Waals surface area contributed by atoms with Crippen molar-refractivity contribution in [2.24, 2.45) is 5.92 Å². The van der Waals surface area contributed by atoms with Crippen LogP contribution in [0.3, 0.4) is 0 Å². The molecule has 9 nitrogen and oxygen atoms in total. The summed E-state index contributed by atoms with van der Waals surface area (Å²) in [7, 11) is 1.77. The van der Waals surface area contributed by atoms with E-state index in [1.54, 1.807) is 18.9 Å². The molecule has 0 radical (unpaired) electrons. The smallest absolute Gasteiger partial charge is 0.434 e. The van der Waals surface area contributed by atoms with Crippen LogP contribution in [0.4, 0.5) is 14.9 Å². The van der Waals surface area contributed by atoms with Gasteiger partial charge in [0.25, 0.3) is 5.91 Å². The van der Waals surface area contributed by atoms with Gasteiger partial charge in [-0.25, -0.2) is 9.18 Å². The topological polar surface area (TPSA) is 104 Å². The van der Waals surface area contributed by atoms with Crippen LogP contribution in [0.5, 0.6) is 0 Å². The first kappa shape index (κ1) is 27.4. The summed E-state index contributed by atoms with van der Waals surface area (Å²) in [5.74, 6) is -0.691. The highest BCUT2D eigenvalue weighted by Crippen LogP contribution is 2.41. The van der Waals surface area contributed by atoms with Crippen molar-refractivity contribution in [3.05, 3.63) is 71.3 Å². The van der Waals surface area contributed by atoms with Gasteiger partial charge in [0.1, 0.15) is 5.82 Å². The Hall–Kier alpha value is -4.18. The Morgan fingerprint density at radius 1 is 1.15 bits per heavy atom. The molecule has 210 valence electrons. The fourth-order valence-electron chi connectivity index (χ4n) is 5.51. The molecule has 0 aliphatic carbocycles. The molecule has 3 aromatic rings. The number of hydrogen-bond acceptors (Lipinski definition) is 6. The second-order valence-electron chi connectivity index (χ2n) is 10.8. The van der Waals surface area contributed by atoms with Crippen LogP contribution in [0.25, 0.3) is 16.7 Å². The highest BCUT2D eigenvalue weighted by molar-refractivity contribution is 6.00. The number of nitrogens with one attached hydrogen (secondary N) is 2. The maximum Gasteiger partial charge on any atom is 0.513 e. The Morgan fingerprint density at radius 3 is 2.58 bits per heavy atom. The first-order chi connectivity index (χ1) is 19.1. The summed E-state index contributed by atoms with van der Waals surface area (Å²) < 4.78 is 24.2. The van der Waals surface area contributed by atoms with Gasteiger partial charge in [-0.3, -0.25) is 9.59 Å². The van der Waals surface area contributed by atoms with Gasteiger partial charge in [0.2, 0.25) is 5.91 Å². The molecule has 1 aromatic heterocycles. The maximum absolute atomic E-state index is 13.5. The van der Waals surface area contributed by atoms with Gasteiger partial charge >= 0.3 is 6.16 Å². The van der Waals surface area contributed by atoms with Crippen molar-refractivity contribution in [2.75, 3.05) is 38.2 Å². The highest BCUT2D eigenvalue weighted by Gasteiger charge is 2.37. The summed E-state index contributed by atoms with van der Waals surface area (Å²) in [4.78, 5) is 45.5. The first-order valence-corrected chi connectivity index (χ1v) is 13.4. The molecule has 0 spiro atoms. The number of rotatable bonds is 5. The minimum absolute atomic E-state index is 0.0546. The van der Waals surface area contributed by atoms with Gasteiger partial charge in [-0.05, 0) is 61.9 Å². The number of H-pyrrole nitrogens is 1. The molecule has 10 heteroatoms. The number of fused-ring (bicyclic) bond motifs is 3. The minimum atomic E-state index is -0.900. The molecule has 0 saturated carbocycles. The summed E-state index contributed by atoms with van der Waals surface area (Å²) in [6, 6.07) is 11.1. The predicted octanol–water partition coefficient (Wildman–Crippen LogP) is 4.78. The molecule has 2 aliphatic heterocycles. The van der Waals surface area contributed by atoms with E-state index in [9.17, 15) is 18.8 Å². The van der Waals surface area contributed by atoms with Crippen molar-refractivity contribution in [1.82, 2.24) is 15.2 Å². The Kier molecular flexibility index (Phi) is 7.37. The summed E-state index contributed by atoms with van der Waals surface area (Å²) >= 11 is 0. The molecule has 40 heavy (non-hydrogen) atoms. The zero-order valence-electron chi connectivity index (χ0n) is 23.0. The highest BCUT2D eigenvalue weighted by atomic mass is 19.1. The van der Waals surface area contributed by atoms with Gasteiger partial charge in [0.15, 0.2) is 5.76 Å². The van der Waals surface area contributed by atoms with E-state index in [0.717, 1.165) is 35.1 Å². The van der Waals surface area contributed by atoms with Gasteiger partial charge in [-0.2, -0.15) is 0 Å². The van der Waals surface area contributed by atoms with Gasteiger partial charge < -0.3 is 29.6 Å². The van der Waals surface area contributed by atoms with E-state index in [2.05, 4.69) is 10.3 Å². The number of anilines is 1. The average molecular weight is 549 g/mol. The molecule has 2 aliphatic rings. The maximum atomic E-state index is 13.5. The van der Waals surface area contributed by atoms with Crippen LogP contribution in [0.2, 0.25) is 0 Å². The van der Waals surface area contributed by atoms with Crippen LogP contribution in [-0.2, 0) is 19.7 Å². The van der Waals surface area contributed by atoms with Crippen molar-refractivity contribution < 1.29 is 28.2 Å². The third kappa shape index (κ3) is 5.19. The van der Waals surface area contributed by atoms with Crippen molar-refractivity contribution >= 4 is 40.3 Å². The fourth-order valence-corrected chi connectivity index (χ4v) is 5.51. The van der Waals surface area contributed by atoms with E-state index in [4.69, 9.17) is 9.47 Å².